The summed E-state index contributed by atoms with van der Waals surface area (Å²) in [6, 6.07) is 38.3. The molecule has 0 fully saturated rings. The number of hydrogen-bond donors (Lipinski definition) is 1. The second-order valence-electron chi connectivity index (χ2n) is 8.22. The lowest BCUT2D eigenvalue weighted by atomic mass is 9.97. The first kappa shape index (κ1) is 17.4. The van der Waals surface area contributed by atoms with E-state index in [9.17, 15) is 0 Å². The number of aromatic amines is 1. The van der Waals surface area contributed by atoms with Crippen molar-refractivity contribution in [3.8, 4) is 0 Å². The van der Waals surface area contributed by atoms with E-state index in [4.69, 9.17) is 4.42 Å². The van der Waals surface area contributed by atoms with Crippen LogP contribution in [0.1, 0.15) is 0 Å². The molecule has 2 nitrogen and oxygen atoms in total. The average Bonchev–Trinajstić information content (AvgIpc) is 3.24. The lowest BCUT2D eigenvalue weighted by molar-refractivity contribution is 0.663. The molecule has 2 heterocycles. The van der Waals surface area contributed by atoms with Gasteiger partial charge in [0.05, 0.1) is 0 Å². The molecule has 0 saturated heterocycles. The van der Waals surface area contributed by atoms with Crippen LogP contribution in [0.4, 0.5) is 0 Å². The minimum Gasteiger partial charge on any atom is -0.456 e. The maximum absolute atomic E-state index is 6.55. The van der Waals surface area contributed by atoms with E-state index in [2.05, 4.69) is 102 Å². The van der Waals surface area contributed by atoms with Crippen molar-refractivity contribution >= 4 is 65.3 Å². The van der Waals surface area contributed by atoms with Gasteiger partial charge in [-0.25, -0.2) is 0 Å². The van der Waals surface area contributed by atoms with E-state index in [0.29, 0.717) is 0 Å². The summed E-state index contributed by atoms with van der Waals surface area (Å²) in [7, 11) is 0. The molecule has 0 amide bonds. The Kier molecular flexibility index (Phi) is 3.58. The van der Waals surface area contributed by atoms with E-state index in [0.717, 1.165) is 33.0 Å². The fourth-order valence-electron chi connectivity index (χ4n) is 5.06. The van der Waals surface area contributed by atoms with Crippen molar-refractivity contribution in [2.45, 2.75) is 0 Å². The van der Waals surface area contributed by atoms with E-state index in [1.807, 2.05) is 12.1 Å². The highest BCUT2D eigenvalue weighted by atomic mass is 16.3. The second-order valence-corrected chi connectivity index (χ2v) is 8.22. The number of hydrogen-bond acceptors (Lipinski definition) is 1. The average molecular weight is 409 g/mol. The standard InChI is InChI=1S/C30H19NO/c1-2-12-22-19(9-1)20-10-4-7-15-27(20)32-28-16-8-5-11-21(28)23-17-18-26-30(29(22)23)24-13-3-6-14-25(24)31-26/h1-18,31H. The normalized spacial score (nSPS) is 11.8. The van der Waals surface area contributed by atoms with Crippen LogP contribution in [0, 0.1) is 0 Å². The number of H-pyrrole nitrogens is 1. The highest BCUT2D eigenvalue weighted by Gasteiger charge is 2.12. The predicted molar refractivity (Wildman–Crippen MR) is 136 cm³/mol. The highest BCUT2D eigenvalue weighted by molar-refractivity contribution is 6.31. The molecule has 2 aromatic heterocycles. The van der Waals surface area contributed by atoms with Crippen LogP contribution in [0.15, 0.2) is 114 Å². The van der Waals surface area contributed by atoms with Gasteiger partial charge in [0, 0.05) is 38.0 Å². The van der Waals surface area contributed by atoms with Gasteiger partial charge in [0.25, 0.3) is 0 Å². The molecule has 2 heteroatoms. The Balaban J connectivity index is 1.96. The summed E-state index contributed by atoms with van der Waals surface area (Å²) in [5.74, 6) is 0. The fourth-order valence-corrected chi connectivity index (χ4v) is 5.06. The van der Waals surface area contributed by atoms with Crippen LogP contribution in [0.25, 0.3) is 65.3 Å². The third-order valence-electron chi connectivity index (χ3n) is 6.44. The van der Waals surface area contributed by atoms with Crippen LogP contribution in [0.5, 0.6) is 0 Å². The summed E-state index contributed by atoms with van der Waals surface area (Å²) in [4.78, 5) is 3.62. The van der Waals surface area contributed by atoms with Gasteiger partial charge in [-0.2, -0.15) is 0 Å². The van der Waals surface area contributed by atoms with Crippen molar-refractivity contribution in [1.82, 2.24) is 4.98 Å². The first-order valence-electron chi connectivity index (χ1n) is 10.9. The van der Waals surface area contributed by atoms with Gasteiger partial charge in [0.1, 0.15) is 11.2 Å². The smallest absolute Gasteiger partial charge is 0.135 e. The summed E-state index contributed by atoms with van der Waals surface area (Å²) < 4.78 is 6.55. The Morgan fingerprint density at radius 1 is 0.375 bits per heavy atom. The van der Waals surface area contributed by atoms with Gasteiger partial charge in [0.15, 0.2) is 0 Å². The minimum absolute atomic E-state index is 0.869. The van der Waals surface area contributed by atoms with Crippen LogP contribution in [-0.2, 0) is 0 Å². The molecule has 0 spiro atoms. The van der Waals surface area contributed by atoms with Gasteiger partial charge in [-0.05, 0) is 40.4 Å². The molecule has 150 valence electrons. The van der Waals surface area contributed by atoms with Crippen LogP contribution in [-0.4, -0.2) is 4.98 Å². The largest absolute Gasteiger partial charge is 0.456 e. The molecule has 0 saturated carbocycles. The lowest BCUT2D eigenvalue weighted by Gasteiger charge is -2.05. The summed E-state index contributed by atoms with van der Waals surface area (Å²) in [5, 5.41) is 9.49. The Bertz CT molecular complexity index is 1890. The SMILES string of the molecule is c1ccc2c(c1)[nH]c1ccc3c4ccccc4oc4ccccc4c4ccccc4c3c12. The summed E-state index contributed by atoms with van der Waals surface area (Å²) >= 11 is 0. The number of benzene rings is 5. The predicted octanol–water partition coefficient (Wildman–Crippen LogP) is 8.65. The Morgan fingerprint density at radius 2 is 0.906 bits per heavy atom. The first-order chi connectivity index (χ1) is 15.9. The van der Waals surface area contributed by atoms with Crippen LogP contribution >= 0.6 is 0 Å². The van der Waals surface area contributed by atoms with Crippen molar-refractivity contribution in [3.63, 3.8) is 0 Å². The van der Waals surface area contributed by atoms with E-state index < -0.39 is 0 Å². The molecule has 5 aromatic carbocycles. The van der Waals surface area contributed by atoms with Crippen molar-refractivity contribution in [2.24, 2.45) is 0 Å². The molecule has 0 atom stereocenters. The molecule has 7 aromatic rings. The molecule has 0 aliphatic carbocycles. The van der Waals surface area contributed by atoms with Gasteiger partial charge in [-0.3, -0.25) is 0 Å². The van der Waals surface area contributed by atoms with E-state index in [1.165, 1.54) is 32.3 Å². The second kappa shape index (κ2) is 6.60. The molecular weight excluding hydrogens is 390 g/mol. The van der Waals surface area contributed by atoms with Gasteiger partial charge < -0.3 is 9.40 Å². The monoisotopic (exact) mass is 409 g/mol. The maximum Gasteiger partial charge on any atom is 0.135 e. The van der Waals surface area contributed by atoms with Crippen molar-refractivity contribution in [3.05, 3.63) is 109 Å². The van der Waals surface area contributed by atoms with E-state index in [1.54, 1.807) is 0 Å². The van der Waals surface area contributed by atoms with Gasteiger partial charge in [-0.15, -0.1) is 0 Å². The molecule has 32 heavy (non-hydrogen) atoms. The zero-order valence-electron chi connectivity index (χ0n) is 17.3. The summed E-state index contributed by atoms with van der Waals surface area (Å²) in [5.41, 5.74) is 4.03. The molecule has 0 unspecified atom stereocenters. The third-order valence-corrected chi connectivity index (χ3v) is 6.44. The zero-order valence-corrected chi connectivity index (χ0v) is 17.3. The summed E-state index contributed by atoms with van der Waals surface area (Å²) in [6.07, 6.45) is 0. The molecular formula is C30H19NO. The van der Waals surface area contributed by atoms with Crippen LogP contribution in [0.3, 0.4) is 0 Å². The van der Waals surface area contributed by atoms with Crippen molar-refractivity contribution in [2.75, 3.05) is 0 Å². The summed E-state index contributed by atoms with van der Waals surface area (Å²) in [6.45, 7) is 0. The number of aromatic nitrogens is 1. The molecule has 1 N–H and O–H groups in total. The molecule has 0 aliphatic heterocycles. The zero-order chi connectivity index (χ0) is 21.1. The molecule has 0 radical (unpaired) electrons. The van der Waals surface area contributed by atoms with E-state index >= 15 is 0 Å². The van der Waals surface area contributed by atoms with Gasteiger partial charge in [-0.1, -0.05) is 84.9 Å². The Morgan fingerprint density at radius 3 is 1.66 bits per heavy atom. The number of para-hydroxylation sites is 3. The highest BCUT2D eigenvalue weighted by Crippen LogP contribution is 2.39. The van der Waals surface area contributed by atoms with Crippen LogP contribution in [0.2, 0.25) is 0 Å². The minimum atomic E-state index is 0.869. The number of rotatable bonds is 0. The fraction of sp³-hybridized carbons (Fsp3) is 0. The van der Waals surface area contributed by atoms with Crippen molar-refractivity contribution in [1.29, 1.82) is 0 Å². The quantitative estimate of drug-likeness (QED) is 0.267. The molecule has 7 rings (SSSR count). The molecule has 0 aliphatic rings. The molecule has 0 bridgehead atoms. The maximum atomic E-state index is 6.55. The number of fused-ring (bicyclic) bond motifs is 11. The number of nitrogens with one attached hydrogen (secondary N) is 1. The lowest BCUT2D eigenvalue weighted by Crippen LogP contribution is -1.78. The van der Waals surface area contributed by atoms with E-state index in [-0.39, 0.29) is 0 Å². The van der Waals surface area contributed by atoms with Crippen molar-refractivity contribution < 1.29 is 4.42 Å². The van der Waals surface area contributed by atoms with Gasteiger partial charge in [0.2, 0.25) is 0 Å². The Hall–Kier alpha value is -4.30. The third kappa shape index (κ3) is 2.41. The Labute approximate surface area is 184 Å². The topological polar surface area (TPSA) is 28.9 Å². The van der Waals surface area contributed by atoms with Crippen LogP contribution < -0.4 is 0 Å². The van der Waals surface area contributed by atoms with Gasteiger partial charge >= 0.3 is 0 Å². The first-order valence-corrected chi connectivity index (χ1v) is 10.9.